The van der Waals surface area contributed by atoms with E-state index in [1.165, 1.54) is 0 Å². The standard InChI is InChI=1S/C21H26O6/c1-6-27-21(22)13-18(16-9-7-14(23-2)11-19(16)25-4)17-10-8-15(24-3)12-20(17)26-5/h7-12,18H,6,13H2,1-5H3. The van der Waals surface area contributed by atoms with Gasteiger partial charge >= 0.3 is 5.97 Å². The molecule has 2 aromatic carbocycles. The van der Waals surface area contributed by atoms with Gasteiger partial charge in [0.1, 0.15) is 23.0 Å². The van der Waals surface area contributed by atoms with Gasteiger partial charge in [0.25, 0.3) is 0 Å². The van der Waals surface area contributed by atoms with Crippen LogP contribution in [0.15, 0.2) is 36.4 Å². The van der Waals surface area contributed by atoms with Crippen LogP contribution >= 0.6 is 0 Å². The largest absolute Gasteiger partial charge is 0.497 e. The Kier molecular flexibility index (Phi) is 7.34. The van der Waals surface area contributed by atoms with Gasteiger partial charge in [0.15, 0.2) is 0 Å². The maximum Gasteiger partial charge on any atom is 0.306 e. The Morgan fingerprint density at radius 2 is 1.30 bits per heavy atom. The van der Waals surface area contributed by atoms with Crippen LogP contribution in [0.1, 0.15) is 30.4 Å². The summed E-state index contributed by atoms with van der Waals surface area (Å²) in [4.78, 5) is 12.3. The van der Waals surface area contributed by atoms with E-state index in [4.69, 9.17) is 23.7 Å². The first-order valence-electron chi connectivity index (χ1n) is 8.67. The molecule has 0 saturated carbocycles. The summed E-state index contributed by atoms with van der Waals surface area (Å²) in [5.41, 5.74) is 1.68. The fourth-order valence-corrected chi connectivity index (χ4v) is 2.99. The summed E-state index contributed by atoms with van der Waals surface area (Å²) < 4.78 is 26.8. The summed E-state index contributed by atoms with van der Waals surface area (Å²) in [6, 6.07) is 11.1. The van der Waals surface area contributed by atoms with E-state index in [9.17, 15) is 4.79 Å². The fourth-order valence-electron chi connectivity index (χ4n) is 2.99. The average molecular weight is 374 g/mol. The molecule has 0 radical (unpaired) electrons. The Hall–Kier alpha value is -2.89. The molecular formula is C21H26O6. The van der Waals surface area contributed by atoms with Crippen LogP contribution in [-0.4, -0.2) is 41.0 Å². The third-order valence-corrected chi connectivity index (χ3v) is 4.31. The van der Waals surface area contributed by atoms with Crippen molar-refractivity contribution in [1.82, 2.24) is 0 Å². The minimum Gasteiger partial charge on any atom is -0.497 e. The quantitative estimate of drug-likeness (QED) is 0.622. The number of carbonyl (C=O) groups is 1. The number of hydrogen-bond donors (Lipinski definition) is 0. The number of methoxy groups -OCH3 is 4. The molecule has 0 aliphatic rings. The molecule has 0 saturated heterocycles. The molecule has 0 amide bonds. The molecule has 146 valence electrons. The first-order chi connectivity index (χ1) is 13.1. The molecule has 0 atom stereocenters. The molecule has 0 bridgehead atoms. The summed E-state index contributed by atoms with van der Waals surface area (Å²) in [6.07, 6.45) is 0.152. The van der Waals surface area contributed by atoms with Crippen molar-refractivity contribution in [2.24, 2.45) is 0 Å². The summed E-state index contributed by atoms with van der Waals surface area (Å²) in [7, 11) is 6.37. The highest BCUT2D eigenvalue weighted by atomic mass is 16.5. The molecule has 0 aliphatic carbocycles. The van der Waals surface area contributed by atoms with Gasteiger partial charge in [-0.1, -0.05) is 12.1 Å². The van der Waals surface area contributed by atoms with Crippen LogP contribution < -0.4 is 18.9 Å². The van der Waals surface area contributed by atoms with Crippen molar-refractivity contribution < 1.29 is 28.5 Å². The highest BCUT2D eigenvalue weighted by molar-refractivity contribution is 5.72. The Balaban J connectivity index is 2.57. The average Bonchev–Trinajstić information content (AvgIpc) is 2.71. The number of rotatable bonds is 9. The Morgan fingerprint density at radius 3 is 1.67 bits per heavy atom. The van der Waals surface area contributed by atoms with Crippen LogP contribution in [0.4, 0.5) is 0 Å². The smallest absolute Gasteiger partial charge is 0.306 e. The van der Waals surface area contributed by atoms with Crippen molar-refractivity contribution in [1.29, 1.82) is 0 Å². The number of benzene rings is 2. The molecule has 2 aromatic rings. The first-order valence-corrected chi connectivity index (χ1v) is 8.67. The van der Waals surface area contributed by atoms with Crippen molar-refractivity contribution in [3.05, 3.63) is 47.5 Å². The van der Waals surface area contributed by atoms with Gasteiger partial charge < -0.3 is 23.7 Å². The summed E-state index contributed by atoms with van der Waals surface area (Å²) >= 11 is 0. The molecule has 6 nitrogen and oxygen atoms in total. The van der Waals surface area contributed by atoms with Gasteiger partial charge in [-0.05, 0) is 19.1 Å². The van der Waals surface area contributed by atoms with Crippen LogP contribution in [-0.2, 0) is 9.53 Å². The van der Waals surface area contributed by atoms with E-state index in [2.05, 4.69) is 0 Å². The molecule has 0 fully saturated rings. The van der Waals surface area contributed by atoms with E-state index in [0.29, 0.717) is 29.6 Å². The van der Waals surface area contributed by atoms with Gasteiger partial charge in [0.05, 0.1) is 41.5 Å². The topological polar surface area (TPSA) is 63.2 Å². The van der Waals surface area contributed by atoms with Crippen LogP contribution in [0.3, 0.4) is 0 Å². The predicted molar refractivity (Wildman–Crippen MR) is 102 cm³/mol. The molecule has 27 heavy (non-hydrogen) atoms. The van der Waals surface area contributed by atoms with Gasteiger partial charge in [-0.15, -0.1) is 0 Å². The van der Waals surface area contributed by atoms with E-state index >= 15 is 0 Å². The molecule has 0 N–H and O–H groups in total. The number of esters is 1. The summed E-state index contributed by atoms with van der Waals surface area (Å²) in [5.74, 6) is 1.99. The maximum atomic E-state index is 12.3. The fraction of sp³-hybridized carbons (Fsp3) is 0.381. The van der Waals surface area contributed by atoms with Crippen LogP contribution in [0.25, 0.3) is 0 Å². The number of hydrogen-bond acceptors (Lipinski definition) is 6. The molecule has 2 rings (SSSR count). The van der Waals surface area contributed by atoms with E-state index in [1.54, 1.807) is 47.5 Å². The molecular weight excluding hydrogens is 348 g/mol. The monoisotopic (exact) mass is 374 g/mol. The zero-order valence-corrected chi connectivity index (χ0v) is 16.4. The van der Waals surface area contributed by atoms with E-state index in [0.717, 1.165) is 11.1 Å². The maximum absolute atomic E-state index is 12.3. The van der Waals surface area contributed by atoms with E-state index in [1.807, 2.05) is 24.3 Å². The molecule has 0 heterocycles. The summed E-state index contributed by atoms with van der Waals surface area (Å²) in [6.45, 7) is 2.11. The van der Waals surface area contributed by atoms with Crippen LogP contribution in [0, 0.1) is 0 Å². The van der Waals surface area contributed by atoms with Crippen molar-refractivity contribution in [2.45, 2.75) is 19.3 Å². The third-order valence-electron chi connectivity index (χ3n) is 4.31. The molecule has 0 aliphatic heterocycles. The van der Waals surface area contributed by atoms with E-state index in [-0.39, 0.29) is 18.3 Å². The van der Waals surface area contributed by atoms with Gasteiger partial charge in [-0.25, -0.2) is 0 Å². The zero-order valence-electron chi connectivity index (χ0n) is 16.4. The van der Waals surface area contributed by atoms with Gasteiger partial charge in [-0.3, -0.25) is 4.79 Å². The number of ether oxygens (including phenoxy) is 5. The highest BCUT2D eigenvalue weighted by Crippen LogP contribution is 2.41. The lowest BCUT2D eigenvalue weighted by Crippen LogP contribution is -2.13. The van der Waals surface area contributed by atoms with Crippen molar-refractivity contribution in [3.8, 4) is 23.0 Å². The predicted octanol–water partition coefficient (Wildman–Crippen LogP) is 3.81. The van der Waals surface area contributed by atoms with Crippen molar-refractivity contribution in [2.75, 3.05) is 35.0 Å². The Labute approximate surface area is 160 Å². The highest BCUT2D eigenvalue weighted by Gasteiger charge is 2.26. The van der Waals surface area contributed by atoms with E-state index < -0.39 is 0 Å². The lowest BCUT2D eigenvalue weighted by Gasteiger charge is -2.22. The number of carbonyl (C=O) groups excluding carboxylic acids is 1. The molecule has 0 unspecified atom stereocenters. The molecule has 0 aromatic heterocycles. The third kappa shape index (κ3) is 4.84. The molecule has 0 spiro atoms. The molecule has 6 heteroatoms. The second kappa shape index (κ2) is 9.71. The first kappa shape index (κ1) is 20.4. The van der Waals surface area contributed by atoms with Gasteiger partial charge in [-0.2, -0.15) is 0 Å². The Bertz CT molecular complexity index is 716. The van der Waals surface area contributed by atoms with Gasteiger partial charge in [0, 0.05) is 29.2 Å². The van der Waals surface area contributed by atoms with Crippen LogP contribution in [0.5, 0.6) is 23.0 Å². The Morgan fingerprint density at radius 1 is 0.815 bits per heavy atom. The van der Waals surface area contributed by atoms with Crippen molar-refractivity contribution in [3.63, 3.8) is 0 Å². The van der Waals surface area contributed by atoms with Gasteiger partial charge in [0.2, 0.25) is 0 Å². The zero-order chi connectivity index (χ0) is 19.8. The minimum absolute atomic E-state index is 0.152. The SMILES string of the molecule is CCOC(=O)CC(c1ccc(OC)cc1OC)c1ccc(OC)cc1OC. The van der Waals surface area contributed by atoms with Crippen LogP contribution in [0.2, 0.25) is 0 Å². The van der Waals surface area contributed by atoms with Crippen molar-refractivity contribution >= 4 is 5.97 Å². The second-order valence-corrected chi connectivity index (χ2v) is 5.78. The minimum atomic E-state index is -0.314. The summed E-state index contributed by atoms with van der Waals surface area (Å²) in [5, 5.41) is 0. The lowest BCUT2D eigenvalue weighted by molar-refractivity contribution is -0.143. The second-order valence-electron chi connectivity index (χ2n) is 5.78. The normalized spacial score (nSPS) is 10.4. The lowest BCUT2D eigenvalue weighted by atomic mass is 9.87.